The standard InChI is InChI=1S/C27H30O15/c28-7-15-19(33)21(35)23(37)26(40-15)18-14(41-27-24(38)22(36)20(34)16(8-29)42-27)6-12(32)17-11(31)5-13(39-25(17)18)9-1-3-10(30)4-2-9/h1-6,15-16,19-24,26-30,32-38H,7-8H2/t15?,16?,19-,20-,21+,22+,23?,24?,26+,27-/m1/s1. The van der Waals surface area contributed by atoms with Gasteiger partial charge in [-0.05, 0) is 24.3 Å². The molecule has 2 aromatic carbocycles. The number of aliphatic hydroxyl groups is 8. The number of aliphatic hydroxyl groups excluding tert-OH is 8. The Bertz CT molecular complexity index is 1470. The topological polar surface area (TPSA) is 260 Å². The first-order valence-corrected chi connectivity index (χ1v) is 12.9. The second-order valence-electron chi connectivity index (χ2n) is 10.1. The molecular formula is C27H30O15. The van der Waals surface area contributed by atoms with E-state index in [-0.39, 0.29) is 17.1 Å². The highest BCUT2D eigenvalue weighted by atomic mass is 16.7. The number of benzene rings is 2. The van der Waals surface area contributed by atoms with Crippen molar-refractivity contribution in [3.63, 3.8) is 0 Å². The zero-order chi connectivity index (χ0) is 30.5. The Labute approximate surface area is 236 Å². The maximum absolute atomic E-state index is 13.2. The molecule has 0 aliphatic carbocycles. The number of hydrogen-bond acceptors (Lipinski definition) is 15. The van der Waals surface area contributed by atoms with Crippen LogP contribution in [0, 0.1) is 0 Å². The third-order valence-corrected chi connectivity index (χ3v) is 7.40. The van der Waals surface area contributed by atoms with Gasteiger partial charge in [0.05, 0.1) is 18.8 Å². The molecule has 10 atom stereocenters. The molecular weight excluding hydrogens is 564 g/mol. The number of fused-ring (bicyclic) bond motifs is 1. The van der Waals surface area contributed by atoms with E-state index in [0.717, 1.165) is 12.1 Å². The predicted molar refractivity (Wildman–Crippen MR) is 138 cm³/mol. The van der Waals surface area contributed by atoms with Crippen molar-refractivity contribution in [3.8, 4) is 28.6 Å². The van der Waals surface area contributed by atoms with E-state index < -0.39 is 102 Å². The second kappa shape index (κ2) is 11.7. The molecule has 0 spiro atoms. The third-order valence-electron chi connectivity index (χ3n) is 7.40. The minimum atomic E-state index is -1.92. The quantitative estimate of drug-likeness (QED) is 0.142. The van der Waals surface area contributed by atoms with Crippen molar-refractivity contribution in [2.45, 2.75) is 61.2 Å². The summed E-state index contributed by atoms with van der Waals surface area (Å²) in [6.07, 6.45) is -17.3. The van der Waals surface area contributed by atoms with Crippen molar-refractivity contribution in [3.05, 3.63) is 52.2 Å². The molecule has 0 saturated carbocycles. The Balaban J connectivity index is 1.73. The molecule has 0 bridgehead atoms. The number of aromatic hydroxyl groups is 2. The van der Waals surface area contributed by atoms with Gasteiger partial charge in [-0.25, -0.2) is 0 Å². The van der Waals surface area contributed by atoms with Crippen LogP contribution in [0.5, 0.6) is 17.2 Å². The lowest BCUT2D eigenvalue weighted by Gasteiger charge is -2.42. The average Bonchev–Trinajstić information content (AvgIpc) is 2.97. The number of hydrogen-bond donors (Lipinski definition) is 10. The van der Waals surface area contributed by atoms with Crippen LogP contribution < -0.4 is 10.2 Å². The summed E-state index contributed by atoms with van der Waals surface area (Å²) in [5.41, 5.74) is -1.20. The minimum Gasteiger partial charge on any atom is -0.508 e. The molecule has 10 N–H and O–H groups in total. The lowest BCUT2D eigenvalue weighted by Crippen LogP contribution is -2.60. The largest absolute Gasteiger partial charge is 0.508 e. The van der Waals surface area contributed by atoms with Crippen molar-refractivity contribution in [2.75, 3.05) is 13.2 Å². The average molecular weight is 595 g/mol. The lowest BCUT2D eigenvalue weighted by atomic mass is 9.89. The van der Waals surface area contributed by atoms with Gasteiger partial charge in [-0.1, -0.05) is 0 Å². The molecule has 1 aromatic heterocycles. The fourth-order valence-electron chi connectivity index (χ4n) is 5.08. The van der Waals surface area contributed by atoms with Crippen LogP contribution in [0.2, 0.25) is 0 Å². The van der Waals surface area contributed by atoms with Crippen molar-refractivity contribution < 1.29 is 69.7 Å². The van der Waals surface area contributed by atoms with Gasteiger partial charge in [0, 0.05) is 17.7 Å². The molecule has 42 heavy (non-hydrogen) atoms. The molecule has 5 rings (SSSR count). The van der Waals surface area contributed by atoms with Crippen LogP contribution in [-0.4, -0.2) is 119 Å². The summed E-state index contributed by atoms with van der Waals surface area (Å²) in [6.45, 7) is -1.58. The van der Waals surface area contributed by atoms with Crippen LogP contribution in [0.15, 0.2) is 45.6 Å². The molecule has 15 nitrogen and oxygen atoms in total. The maximum Gasteiger partial charge on any atom is 0.229 e. The molecule has 228 valence electrons. The van der Waals surface area contributed by atoms with Gasteiger partial charge in [0.2, 0.25) is 6.29 Å². The Morgan fingerprint density at radius 3 is 1.95 bits per heavy atom. The van der Waals surface area contributed by atoms with Crippen LogP contribution >= 0.6 is 0 Å². The van der Waals surface area contributed by atoms with Gasteiger partial charge in [-0.3, -0.25) is 4.79 Å². The van der Waals surface area contributed by atoms with E-state index in [1.165, 1.54) is 24.3 Å². The van der Waals surface area contributed by atoms with Crippen LogP contribution in [-0.2, 0) is 9.47 Å². The first kappa shape index (κ1) is 30.1. The van der Waals surface area contributed by atoms with E-state index in [2.05, 4.69) is 0 Å². The van der Waals surface area contributed by atoms with Gasteiger partial charge in [-0.15, -0.1) is 0 Å². The minimum absolute atomic E-state index is 0.0669. The fraction of sp³-hybridized carbons (Fsp3) is 0.444. The van der Waals surface area contributed by atoms with E-state index in [0.29, 0.717) is 5.56 Å². The van der Waals surface area contributed by atoms with E-state index >= 15 is 0 Å². The van der Waals surface area contributed by atoms with Crippen molar-refractivity contribution in [1.82, 2.24) is 0 Å². The van der Waals surface area contributed by atoms with Crippen LogP contribution in [0.1, 0.15) is 11.7 Å². The lowest BCUT2D eigenvalue weighted by molar-refractivity contribution is -0.278. The number of rotatable bonds is 6. The summed E-state index contributed by atoms with van der Waals surface area (Å²) in [4.78, 5) is 13.2. The Morgan fingerprint density at radius 1 is 0.738 bits per heavy atom. The Morgan fingerprint density at radius 2 is 1.33 bits per heavy atom. The van der Waals surface area contributed by atoms with Gasteiger partial charge in [0.1, 0.15) is 83.3 Å². The summed E-state index contributed by atoms with van der Waals surface area (Å²) < 4.78 is 22.9. The maximum atomic E-state index is 13.2. The zero-order valence-electron chi connectivity index (χ0n) is 21.7. The number of phenols is 2. The van der Waals surface area contributed by atoms with E-state index in [4.69, 9.17) is 18.6 Å². The second-order valence-corrected chi connectivity index (χ2v) is 10.1. The van der Waals surface area contributed by atoms with Gasteiger partial charge >= 0.3 is 0 Å². The summed E-state index contributed by atoms with van der Waals surface area (Å²) in [5, 5.41) is 102. The first-order valence-electron chi connectivity index (χ1n) is 12.9. The smallest absolute Gasteiger partial charge is 0.229 e. The van der Waals surface area contributed by atoms with Gasteiger partial charge in [-0.2, -0.15) is 0 Å². The van der Waals surface area contributed by atoms with Gasteiger partial charge in [0.25, 0.3) is 0 Å². The highest BCUT2D eigenvalue weighted by Gasteiger charge is 2.48. The highest BCUT2D eigenvalue weighted by molar-refractivity contribution is 5.89. The zero-order valence-corrected chi connectivity index (χ0v) is 21.7. The van der Waals surface area contributed by atoms with Crippen molar-refractivity contribution >= 4 is 11.0 Å². The highest BCUT2D eigenvalue weighted by Crippen LogP contribution is 2.45. The Hall–Kier alpha value is -3.35. The molecule has 3 heterocycles. The van der Waals surface area contributed by atoms with Crippen LogP contribution in [0.25, 0.3) is 22.3 Å². The summed E-state index contributed by atoms with van der Waals surface area (Å²) in [7, 11) is 0. The summed E-state index contributed by atoms with van der Waals surface area (Å²) in [6, 6.07) is 7.48. The molecule has 2 fully saturated rings. The van der Waals surface area contributed by atoms with Crippen molar-refractivity contribution in [1.29, 1.82) is 0 Å². The van der Waals surface area contributed by atoms with E-state index in [1.54, 1.807) is 0 Å². The molecule has 0 amide bonds. The van der Waals surface area contributed by atoms with Crippen LogP contribution in [0.3, 0.4) is 0 Å². The monoisotopic (exact) mass is 594 g/mol. The van der Waals surface area contributed by atoms with E-state index in [9.17, 15) is 55.9 Å². The number of ether oxygens (including phenoxy) is 3. The summed E-state index contributed by atoms with van der Waals surface area (Å²) >= 11 is 0. The van der Waals surface area contributed by atoms with Gasteiger partial charge < -0.3 is 69.7 Å². The molecule has 2 aliphatic heterocycles. The molecule has 3 aromatic rings. The fourth-order valence-corrected chi connectivity index (χ4v) is 5.08. The Kier molecular flexibility index (Phi) is 8.41. The SMILES string of the molecule is O=c1cc(-c2ccc(O)cc2)oc2c([C@@H]3OC(CO)[C@@H](O)[C@H](O)C3O)c(O[C@@H]3OC(CO)[C@@H](O)[C@H](O)C3O)cc(O)c12. The van der Waals surface area contributed by atoms with Gasteiger partial charge in [0.15, 0.2) is 11.0 Å². The van der Waals surface area contributed by atoms with Crippen LogP contribution in [0.4, 0.5) is 0 Å². The summed E-state index contributed by atoms with van der Waals surface area (Å²) in [5.74, 6) is -1.29. The normalized spacial score (nSPS) is 33.5. The molecule has 15 heteroatoms. The molecule has 0 radical (unpaired) electrons. The first-order chi connectivity index (χ1) is 20.0. The molecule has 2 saturated heterocycles. The predicted octanol–water partition coefficient (Wildman–Crippen LogP) is -2.44. The molecule has 2 aliphatic rings. The number of phenolic OH excluding ortho intramolecular Hbond substituents is 2. The third kappa shape index (κ3) is 5.20. The molecule has 4 unspecified atom stereocenters. The van der Waals surface area contributed by atoms with Crippen molar-refractivity contribution in [2.24, 2.45) is 0 Å². The van der Waals surface area contributed by atoms with E-state index in [1.807, 2.05) is 0 Å².